The van der Waals surface area contributed by atoms with E-state index in [-0.39, 0.29) is 49.7 Å². The lowest BCUT2D eigenvalue weighted by Gasteiger charge is -2.28. The van der Waals surface area contributed by atoms with Gasteiger partial charge in [-0.3, -0.25) is 19.7 Å². The Morgan fingerprint density at radius 1 is 1.27 bits per heavy atom. The highest BCUT2D eigenvalue weighted by Crippen LogP contribution is 2.32. The van der Waals surface area contributed by atoms with Gasteiger partial charge in [-0.1, -0.05) is 12.1 Å². The summed E-state index contributed by atoms with van der Waals surface area (Å²) in [6.07, 6.45) is 0.153. The number of carbonyl (C=O) groups excluding carboxylic acids is 2. The molecular weight excluding hydrogens is 390 g/mol. The standard InChI is InChI=1S/C20H23N5O5/c1-13-10-19(27)23-16-4-2-3-5-18(16)24(13)20(28)12-22-17-11-14(25(29)30)6-7-15(17)21-8-9-26/h2-7,11,13,21-22,26H,8-10,12H2,1H3,(H,23,27). The zero-order valence-corrected chi connectivity index (χ0v) is 16.4. The van der Waals surface area contributed by atoms with Crippen molar-refractivity contribution in [2.24, 2.45) is 0 Å². The molecule has 1 heterocycles. The number of hydrogen-bond donors (Lipinski definition) is 4. The number of fused-ring (bicyclic) bond motifs is 1. The number of amides is 2. The predicted octanol–water partition coefficient (Wildman–Crippen LogP) is 2.17. The highest BCUT2D eigenvalue weighted by molar-refractivity contribution is 6.05. The van der Waals surface area contributed by atoms with Crippen molar-refractivity contribution < 1.29 is 19.6 Å². The Kier molecular flexibility index (Phi) is 6.48. The van der Waals surface area contributed by atoms with Gasteiger partial charge in [0.2, 0.25) is 11.8 Å². The van der Waals surface area contributed by atoms with Gasteiger partial charge in [-0.25, -0.2) is 0 Å². The van der Waals surface area contributed by atoms with E-state index in [0.717, 1.165) is 0 Å². The summed E-state index contributed by atoms with van der Waals surface area (Å²) in [4.78, 5) is 37.3. The number of benzene rings is 2. The number of hydrogen-bond acceptors (Lipinski definition) is 7. The number of non-ortho nitro benzene ring substituents is 1. The van der Waals surface area contributed by atoms with E-state index in [1.54, 1.807) is 36.1 Å². The molecule has 1 atom stereocenters. The topological polar surface area (TPSA) is 137 Å². The van der Waals surface area contributed by atoms with Gasteiger partial charge in [0.25, 0.3) is 5.69 Å². The van der Waals surface area contributed by atoms with Crippen molar-refractivity contribution in [2.75, 3.05) is 40.5 Å². The molecule has 158 valence electrons. The Hall–Kier alpha value is -3.66. The van der Waals surface area contributed by atoms with Gasteiger partial charge in [-0.15, -0.1) is 0 Å². The Bertz CT molecular complexity index is 964. The van der Waals surface area contributed by atoms with Crippen molar-refractivity contribution in [3.63, 3.8) is 0 Å². The Balaban J connectivity index is 1.83. The van der Waals surface area contributed by atoms with Crippen LogP contribution in [0.25, 0.3) is 0 Å². The maximum Gasteiger partial charge on any atom is 0.271 e. The molecule has 0 spiro atoms. The summed E-state index contributed by atoms with van der Waals surface area (Å²) in [6, 6.07) is 10.9. The van der Waals surface area contributed by atoms with E-state index < -0.39 is 4.92 Å². The first-order chi connectivity index (χ1) is 14.4. The number of nitrogens with one attached hydrogen (secondary N) is 3. The van der Waals surface area contributed by atoms with E-state index in [0.29, 0.717) is 22.7 Å². The van der Waals surface area contributed by atoms with Crippen LogP contribution in [0.2, 0.25) is 0 Å². The molecule has 1 unspecified atom stereocenters. The van der Waals surface area contributed by atoms with Crippen LogP contribution in [0.5, 0.6) is 0 Å². The zero-order chi connectivity index (χ0) is 21.7. The van der Waals surface area contributed by atoms with Gasteiger partial charge in [-0.05, 0) is 25.1 Å². The minimum absolute atomic E-state index is 0.113. The largest absolute Gasteiger partial charge is 0.395 e. The Morgan fingerprint density at radius 3 is 2.77 bits per heavy atom. The van der Waals surface area contributed by atoms with E-state index in [4.69, 9.17) is 5.11 Å². The van der Waals surface area contributed by atoms with E-state index >= 15 is 0 Å². The fraction of sp³-hybridized carbons (Fsp3) is 0.300. The first-order valence-corrected chi connectivity index (χ1v) is 9.48. The second kappa shape index (κ2) is 9.23. The lowest BCUT2D eigenvalue weighted by atomic mass is 10.1. The SMILES string of the molecule is CC1CC(=O)Nc2ccccc2N1C(=O)CNc1cc([N+](=O)[O-])ccc1NCCO. The predicted molar refractivity (Wildman–Crippen MR) is 114 cm³/mol. The molecule has 0 radical (unpaired) electrons. The summed E-state index contributed by atoms with van der Waals surface area (Å²) in [5.74, 6) is -0.460. The van der Waals surface area contributed by atoms with E-state index in [1.807, 2.05) is 0 Å². The van der Waals surface area contributed by atoms with Crippen molar-refractivity contribution in [1.82, 2.24) is 0 Å². The van der Waals surface area contributed by atoms with E-state index in [2.05, 4.69) is 16.0 Å². The van der Waals surface area contributed by atoms with Crippen LogP contribution in [0.15, 0.2) is 42.5 Å². The molecule has 10 heteroatoms. The van der Waals surface area contributed by atoms with Gasteiger partial charge in [0.1, 0.15) is 0 Å². The first kappa shape index (κ1) is 21.1. The van der Waals surface area contributed by atoms with Gasteiger partial charge in [-0.2, -0.15) is 0 Å². The zero-order valence-electron chi connectivity index (χ0n) is 16.4. The molecule has 4 N–H and O–H groups in total. The monoisotopic (exact) mass is 413 g/mol. The van der Waals surface area contributed by atoms with Crippen molar-refractivity contribution in [1.29, 1.82) is 0 Å². The van der Waals surface area contributed by atoms with Gasteiger partial charge in [0.15, 0.2) is 0 Å². The molecule has 0 aromatic heterocycles. The van der Waals surface area contributed by atoms with Gasteiger partial charge >= 0.3 is 0 Å². The molecule has 0 aliphatic carbocycles. The first-order valence-electron chi connectivity index (χ1n) is 9.48. The summed E-state index contributed by atoms with van der Waals surface area (Å²) >= 11 is 0. The lowest BCUT2D eigenvalue weighted by Crippen LogP contribution is -2.42. The third-order valence-corrected chi connectivity index (χ3v) is 4.70. The average Bonchev–Trinajstić information content (AvgIpc) is 2.84. The number of nitrogens with zero attached hydrogens (tertiary/aromatic N) is 2. The summed E-state index contributed by atoms with van der Waals surface area (Å²) in [5, 5.41) is 28.9. The molecular formula is C20H23N5O5. The van der Waals surface area contributed by atoms with Crippen LogP contribution in [0, 0.1) is 10.1 Å². The maximum atomic E-state index is 13.1. The van der Waals surface area contributed by atoms with Crippen LogP contribution in [0.3, 0.4) is 0 Å². The minimum Gasteiger partial charge on any atom is -0.395 e. The fourth-order valence-electron chi connectivity index (χ4n) is 3.36. The lowest BCUT2D eigenvalue weighted by molar-refractivity contribution is -0.384. The number of nitro benzene ring substituents is 1. The molecule has 3 rings (SSSR count). The summed E-state index contributed by atoms with van der Waals surface area (Å²) in [5.41, 5.74) is 1.93. The Labute approximate surface area is 173 Å². The molecule has 2 aromatic rings. The number of para-hydroxylation sites is 2. The number of rotatable bonds is 7. The van der Waals surface area contributed by atoms with Crippen molar-refractivity contribution in [2.45, 2.75) is 19.4 Å². The molecule has 1 aliphatic rings. The van der Waals surface area contributed by atoms with Crippen molar-refractivity contribution in [3.05, 3.63) is 52.6 Å². The highest BCUT2D eigenvalue weighted by atomic mass is 16.6. The number of nitro groups is 1. The maximum absolute atomic E-state index is 13.1. The minimum atomic E-state index is -0.521. The molecule has 0 bridgehead atoms. The summed E-state index contributed by atoms with van der Waals surface area (Å²) in [7, 11) is 0. The van der Waals surface area contributed by atoms with Crippen molar-refractivity contribution >= 4 is 40.3 Å². The van der Waals surface area contributed by atoms with E-state index in [9.17, 15) is 19.7 Å². The molecule has 10 nitrogen and oxygen atoms in total. The molecule has 2 amide bonds. The van der Waals surface area contributed by atoms with Crippen LogP contribution in [0.4, 0.5) is 28.4 Å². The van der Waals surface area contributed by atoms with Gasteiger partial charge < -0.3 is 26.0 Å². The number of carbonyl (C=O) groups is 2. The molecule has 2 aromatic carbocycles. The van der Waals surface area contributed by atoms with Gasteiger partial charge in [0, 0.05) is 31.1 Å². The van der Waals surface area contributed by atoms with Crippen LogP contribution in [0.1, 0.15) is 13.3 Å². The normalized spacial score (nSPS) is 15.6. The molecule has 0 saturated carbocycles. The average molecular weight is 413 g/mol. The van der Waals surface area contributed by atoms with Crippen LogP contribution in [-0.4, -0.2) is 47.6 Å². The third kappa shape index (κ3) is 4.66. The van der Waals surface area contributed by atoms with E-state index in [1.165, 1.54) is 18.2 Å². The fourth-order valence-corrected chi connectivity index (χ4v) is 3.36. The van der Waals surface area contributed by atoms with Crippen LogP contribution < -0.4 is 20.9 Å². The quantitative estimate of drug-likeness (QED) is 0.403. The smallest absolute Gasteiger partial charge is 0.271 e. The van der Waals surface area contributed by atoms with Gasteiger partial charge in [0.05, 0.1) is 40.8 Å². The van der Waals surface area contributed by atoms with Crippen LogP contribution in [-0.2, 0) is 9.59 Å². The Morgan fingerprint density at radius 2 is 2.03 bits per heavy atom. The third-order valence-electron chi connectivity index (χ3n) is 4.70. The second-order valence-corrected chi connectivity index (χ2v) is 6.87. The van der Waals surface area contributed by atoms with Crippen LogP contribution >= 0.6 is 0 Å². The number of anilines is 4. The van der Waals surface area contributed by atoms with Crippen molar-refractivity contribution in [3.8, 4) is 0 Å². The molecule has 0 fully saturated rings. The molecule has 30 heavy (non-hydrogen) atoms. The summed E-state index contributed by atoms with van der Waals surface area (Å²) in [6.45, 7) is 1.80. The molecule has 1 aliphatic heterocycles. The highest BCUT2D eigenvalue weighted by Gasteiger charge is 2.29. The number of aliphatic hydroxyl groups is 1. The number of aliphatic hydroxyl groups excluding tert-OH is 1. The second-order valence-electron chi connectivity index (χ2n) is 6.87. The summed E-state index contributed by atoms with van der Waals surface area (Å²) < 4.78 is 0. The molecule has 0 saturated heterocycles.